The van der Waals surface area contributed by atoms with Crippen LogP contribution in [0.1, 0.15) is 34.1 Å². The summed E-state index contributed by atoms with van der Waals surface area (Å²) in [7, 11) is 1.44. The standard InChI is InChI=1S/C22H21Cl2N3O4S/c1-30-17-9-13(8-15(24)20(17)31-11-19(25)28)22(29)27-6-4-12(5-7-27)21-26-16-10-14(23)2-3-18(16)32-21/h2-3,8-10,12H,4-7,11H2,1H3,(H2,25,28). The third-order valence-electron chi connectivity index (χ3n) is 5.33. The molecule has 2 aromatic carbocycles. The highest BCUT2D eigenvalue weighted by molar-refractivity contribution is 7.18. The zero-order valence-electron chi connectivity index (χ0n) is 17.3. The van der Waals surface area contributed by atoms with Gasteiger partial charge in [0, 0.05) is 29.6 Å². The van der Waals surface area contributed by atoms with Crippen LogP contribution in [-0.4, -0.2) is 48.5 Å². The van der Waals surface area contributed by atoms with Gasteiger partial charge < -0.3 is 20.1 Å². The Bertz CT molecular complexity index is 1180. The van der Waals surface area contributed by atoms with Gasteiger partial charge in [-0.1, -0.05) is 23.2 Å². The van der Waals surface area contributed by atoms with E-state index in [0.717, 1.165) is 28.1 Å². The first-order chi connectivity index (χ1) is 15.4. The SMILES string of the molecule is COc1cc(C(=O)N2CCC(c3nc4cc(Cl)ccc4s3)CC2)cc(Cl)c1OCC(N)=O. The van der Waals surface area contributed by atoms with E-state index in [9.17, 15) is 9.59 Å². The van der Waals surface area contributed by atoms with E-state index in [-0.39, 0.29) is 29.0 Å². The van der Waals surface area contributed by atoms with Crippen molar-refractivity contribution in [2.75, 3.05) is 26.8 Å². The molecular formula is C22H21Cl2N3O4S. The minimum absolute atomic E-state index is 0.138. The van der Waals surface area contributed by atoms with Crippen LogP contribution in [0.15, 0.2) is 30.3 Å². The molecule has 0 atom stereocenters. The van der Waals surface area contributed by atoms with Gasteiger partial charge in [-0.25, -0.2) is 4.98 Å². The number of carbonyl (C=O) groups is 2. The Kier molecular flexibility index (Phi) is 6.74. The minimum atomic E-state index is -0.637. The third-order valence-corrected chi connectivity index (χ3v) is 7.05. The number of nitrogens with two attached hydrogens (primary N) is 1. The van der Waals surface area contributed by atoms with Crippen LogP contribution in [0, 0.1) is 0 Å². The van der Waals surface area contributed by atoms with Crippen molar-refractivity contribution in [3.8, 4) is 11.5 Å². The number of hydrogen-bond donors (Lipinski definition) is 1. The number of thiazole rings is 1. The molecule has 4 rings (SSSR count). The maximum atomic E-state index is 13.1. The molecule has 0 aliphatic carbocycles. The minimum Gasteiger partial charge on any atom is -0.493 e. The van der Waals surface area contributed by atoms with Crippen LogP contribution in [0.25, 0.3) is 10.2 Å². The van der Waals surface area contributed by atoms with Crippen molar-refractivity contribution in [1.29, 1.82) is 0 Å². The Morgan fingerprint density at radius 3 is 2.66 bits per heavy atom. The zero-order chi connectivity index (χ0) is 22.8. The maximum absolute atomic E-state index is 13.1. The van der Waals surface area contributed by atoms with Crippen molar-refractivity contribution < 1.29 is 19.1 Å². The van der Waals surface area contributed by atoms with Gasteiger partial charge in [-0.3, -0.25) is 9.59 Å². The lowest BCUT2D eigenvalue weighted by molar-refractivity contribution is -0.119. The van der Waals surface area contributed by atoms with E-state index < -0.39 is 5.91 Å². The summed E-state index contributed by atoms with van der Waals surface area (Å²) in [6, 6.07) is 8.83. The van der Waals surface area contributed by atoms with E-state index >= 15 is 0 Å². The van der Waals surface area contributed by atoms with Crippen LogP contribution < -0.4 is 15.2 Å². The largest absolute Gasteiger partial charge is 0.493 e. The van der Waals surface area contributed by atoms with Crippen molar-refractivity contribution >= 4 is 56.6 Å². The van der Waals surface area contributed by atoms with E-state index in [2.05, 4.69) is 0 Å². The molecule has 1 aromatic heterocycles. The highest BCUT2D eigenvalue weighted by Gasteiger charge is 2.28. The number of halogens is 2. The van der Waals surface area contributed by atoms with Crippen molar-refractivity contribution in [1.82, 2.24) is 9.88 Å². The van der Waals surface area contributed by atoms with Crippen molar-refractivity contribution in [2.24, 2.45) is 5.73 Å². The topological polar surface area (TPSA) is 94.8 Å². The number of methoxy groups -OCH3 is 1. The number of ether oxygens (including phenoxy) is 2. The van der Waals surface area contributed by atoms with Crippen LogP contribution in [-0.2, 0) is 4.79 Å². The average molecular weight is 494 g/mol. The molecule has 32 heavy (non-hydrogen) atoms. The molecule has 0 radical (unpaired) electrons. The third kappa shape index (κ3) is 4.77. The number of primary amides is 1. The summed E-state index contributed by atoms with van der Waals surface area (Å²) in [5.41, 5.74) is 6.43. The van der Waals surface area contributed by atoms with Crippen molar-refractivity contribution in [3.05, 3.63) is 50.9 Å². The fraction of sp³-hybridized carbons (Fsp3) is 0.318. The van der Waals surface area contributed by atoms with E-state index in [1.165, 1.54) is 13.2 Å². The summed E-state index contributed by atoms with van der Waals surface area (Å²) in [5.74, 6) is -0.0224. The Morgan fingerprint density at radius 1 is 1.22 bits per heavy atom. The number of benzene rings is 2. The predicted molar refractivity (Wildman–Crippen MR) is 125 cm³/mol. The molecule has 10 heteroatoms. The van der Waals surface area contributed by atoms with Gasteiger partial charge >= 0.3 is 0 Å². The number of piperidine rings is 1. The fourth-order valence-corrected chi connectivity index (χ4v) is 5.28. The Morgan fingerprint density at radius 2 is 1.97 bits per heavy atom. The summed E-state index contributed by atoms with van der Waals surface area (Å²) in [6.07, 6.45) is 1.65. The van der Waals surface area contributed by atoms with Crippen molar-refractivity contribution in [2.45, 2.75) is 18.8 Å². The molecule has 1 aliphatic heterocycles. The molecule has 0 saturated carbocycles. The number of nitrogens with zero attached hydrogens (tertiary/aromatic N) is 2. The molecule has 0 bridgehead atoms. The molecule has 1 fully saturated rings. The Hall–Kier alpha value is -2.55. The highest BCUT2D eigenvalue weighted by atomic mass is 35.5. The summed E-state index contributed by atoms with van der Waals surface area (Å²) >= 11 is 14.0. The smallest absolute Gasteiger partial charge is 0.255 e. The summed E-state index contributed by atoms with van der Waals surface area (Å²) in [4.78, 5) is 30.6. The molecule has 2 amide bonds. The first-order valence-electron chi connectivity index (χ1n) is 9.99. The lowest BCUT2D eigenvalue weighted by Crippen LogP contribution is -2.37. The first kappa shape index (κ1) is 22.6. The van der Waals surface area contributed by atoms with Gasteiger partial charge in [-0.2, -0.15) is 0 Å². The summed E-state index contributed by atoms with van der Waals surface area (Å²) in [6.45, 7) is 0.884. The van der Waals surface area contributed by atoms with E-state index in [1.807, 2.05) is 18.2 Å². The maximum Gasteiger partial charge on any atom is 0.255 e. The van der Waals surface area contributed by atoms with E-state index in [4.69, 9.17) is 43.4 Å². The number of aromatic nitrogens is 1. The normalized spacial score (nSPS) is 14.5. The zero-order valence-corrected chi connectivity index (χ0v) is 19.6. The summed E-state index contributed by atoms with van der Waals surface area (Å²) < 4.78 is 11.7. The number of rotatable bonds is 6. The van der Waals surface area contributed by atoms with Crippen LogP contribution in [0.3, 0.4) is 0 Å². The molecule has 0 spiro atoms. The quantitative estimate of drug-likeness (QED) is 0.545. The molecular weight excluding hydrogens is 473 g/mol. The molecule has 3 aromatic rings. The predicted octanol–water partition coefficient (Wildman–Crippen LogP) is 4.50. The number of amides is 2. The van der Waals surface area contributed by atoms with Crippen LogP contribution in [0.2, 0.25) is 10.0 Å². The van der Waals surface area contributed by atoms with Crippen LogP contribution in [0.4, 0.5) is 0 Å². The number of hydrogen-bond acceptors (Lipinski definition) is 6. The van der Waals surface area contributed by atoms with Gasteiger partial charge in [0.25, 0.3) is 11.8 Å². The molecule has 1 aliphatic rings. The lowest BCUT2D eigenvalue weighted by atomic mass is 9.97. The molecule has 2 N–H and O–H groups in total. The van der Waals surface area contributed by atoms with Gasteiger partial charge in [0.05, 0.1) is 27.4 Å². The second kappa shape index (κ2) is 9.52. The lowest BCUT2D eigenvalue weighted by Gasteiger charge is -2.31. The second-order valence-electron chi connectivity index (χ2n) is 7.48. The van der Waals surface area contributed by atoms with Crippen LogP contribution >= 0.6 is 34.5 Å². The number of likely N-dealkylation sites (tertiary alicyclic amines) is 1. The van der Waals surface area contributed by atoms with Gasteiger partial charge in [0.15, 0.2) is 18.1 Å². The molecule has 1 saturated heterocycles. The summed E-state index contributed by atoms with van der Waals surface area (Å²) in [5, 5.41) is 1.93. The Labute approximate surface area is 199 Å². The molecule has 2 heterocycles. The fourth-order valence-electron chi connectivity index (χ4n) is 3.73. The highest BCUT2D eigenvalue weighted by Crippen LogP contribution is 2.38. The monoisotopic (exact) mass is 493 g/mol. The number of fused-ring (bicyclic) bond motifs is 1. The second-order valence-corrected chi connectivity index (χ2v) is 9.38. The van der Waals surface area contributed by atoms with Gasteiger partial charge in [-0.15, -0.1) is 11.3 Å². The van der Waals surface area contributed by atoms with E-state index in [1.54, 1.807) is 22.3 Å². The molecule has 168 valence electrons. The first-order valence-corrected chi connectivity index (χ1v) is 11.6. The van der Waals surface area contributed by atoms with E-state index in [0.29, 0.717) is 29.6 Å². The molecule has 7 nitrogen and oxygen atoms in total. The van der Waals surface area contributed by atoms with Crippen LogP contribution in [0.5, 0.6) is 11.5 Å². The molecule has 0 unspecified atom stereocenters. The van der Waals surface area contributed by atoms with Gasteiger partial charge in [0.1, 0.15) is 0 Å². The average Bonchev–Trinajstić information content (AvgIpc) is 3.20. The number of carbonyl (C=O) groups excluding carboxylic acids is 2. The van der Waals surface area contributed by atoms with Crippen molar-refractivity contribution in [3.63, 3.8) is 0 Å². The van der Waals surface area contributed by atoms with Gasteiger partial charge in [-0.05, 0) is 43.2 Å². The Balaban J connectivity index is 1.45. The van der Waals surface area contributed by atoms with Gasteiger partial charge in [0.2, 0.25) is 0 Å².